The van der Waals surface area contributed by atoms with E-state index >= 15 is 0 Å². The summed E-state index contributed by atoms with van der Waals surface area (Å²) in [7, 11) is 0. The summed E-state index contributed by atoms with van der Waals surface area (Å²) < 4.78 is 0. The minimum absolute atomic E-state index is 0.162. The summed E-state index contributed by atoms with van der Waals surface area (Å²) in [5, 5.41) is 6.70. The van der Waals surface area contributed by atoms with Gasteiger partial charge >= 0.3 is 0 Å². The molecule has 0 bridgehead atoms. The molecule has 2 aliphatic heterocycles. The zero-order valence-corrected chi connectivity index (χ0v) is 17.9. The number of carbonyl (C=O) groups excluding carboxylic acids is 1. The van der Waals surface area contributed by atoms with Crippen molar-refractivity contribution < 1.29 is 4.79 Å². The number of nitrogens with zero attached hydrogens (tertiary/aromatic N) is 4. The van der Waals surface area contributed by atoms with Crippen LogP contribution in [-0.2, 0) is 17.9 Å². The summed E-state index contributed by atoms with van der Waals surface area (Å²) >= 11 is 1.63. The summed E-state index contributed by atoms with van der Waals surface area (Å²) in [5.74, 6) is 0.162. The Morgan fingerprint density at radius 1 is 1.10 bits per heavy atom. The molecule has 6 nitrogen and oxygen atoms in total. The van der Waals surface area contributed by atoms with E-state index in [4.69, 9.17) is 0 Å². The number of pyridine rings is 1. The van der Waals surface area contributed by atoms with Crippen molar-refractivity contribution in [1.29, 1.82) is 0 Å². The minimum Gasteiger partial charge on any atom is -0.369 e. The highest BCUT2D eigenvalue weighted by molar-refractivity contribution is 7.09. The van der Waals surface area contributed by atoms with Crippen LogP contribution in [0.2, 0.25) is 0 Å². The number of likely N-dealkylation sites (tertiary alicyclic amines) is 1. The van der Waals surface area contributed by atoms with Gasteiger partial charge in [0.05, 0.1) is 28.6 Å². The Kier molecular flexibility index (Phi) is 5.00. The number of benzene rings is 1. The molecular weight excluding hydrogens is 394 g/mol. The van der Waals surface area contributed by atoms with Crippen LogP contribution in [0.1, 0.15) is 29.1 Å². The first-order valence-corrected chi connectivity index (χ1v) is 11.2. The number of thiazole rings is 1. The number of hydrogen-bond donors (Lipinski definition) is 1. The van der Waals surface area contributed by atoms with Gasteiger partial charge in [0, 0.05) is 37.4 Å². The summed E-state index contributed by atoms with van der Waals surface area (Å²) in [6, 6.07) is 12.2. The molecule has 0 unspecified atom stereocenters. The van der Waals surface area contributed by atoms with E-state index in [1.165, 1.54) is 5.56 Å². The van der Waals surface area contributed by atoms with Crippen LogP contribution in [0.15, 0.2) is 54.2 Å². The van der Waals surface area contributed by atoms with E-state index in [2.05, 4.69) is 43.8 Å². The van der Waals surface area contributed by atoms with Crippen LogP contribution >= 0.6 is 11.3 Å². The van der Waals surface area contributed by atoms with E-state index < -0.39 is 5.54 Å². The zero-order valence-electron chi connectivity index (χ0n) is 17.0. The van der Waals surface area contributed by atoms with Crippen molar-refractivity contribution in [1.82, 2.24) is 14.9 Å². The lowest BCUT2D eigenvalue weighted by Gasteiger charge is -2.47. The predicted octanol–water partition coefficient (Wildman–Crippen LogP) is 3.84. The molecule has 4 heterocycles. The van der Waals surface area contributed by atoms with Gasteiger partial charge in [-0.1, -0.05) is 12.1 Å². The molecule has 1 spiro atoms. The number of aryl methyl sites for hydroxylation is 1. The first-order chi connectivity index (χ1) is 14.6. The molecule has 30 heavy (non-hydrogen) atoms. The normalized spacial score (nSPS) is 18.3. The number of hydrogen-bond acceptors (Lipinski definition) is 6. The second-order valence-electron chi connectivity index (χ2n) is 8.11. The van der Waals surface area contributed by atoms with Crippen LogP contribution in [0, 0.1) is 6.92 Å². The van der Waals surface area contributed by atoms with Gasteiger partial charge in [-0.05, 0) is 49.6 Å². The highest BCUT2D eigenvalue weighted by atomic mass is 32.1. The largest absolute Gasteiger partial charge is 0.369 e. The summed E-state index contributed by atoms with van der Waals surface area (Å²) in [5.41, 5.74) is 3.64. The molecule has 154 valence electrons. The lowest BCUT2D eigenvalue weighted by Crippen LogP contribution is -2.61. The van der Waals surface area contributed by atoms with Gasteiger partial charge in [0.25, 0.3) is 5.91 Å². The standard InChI is InChI=1S/C23H25N5OS/c1-17-25-19(16-30-17)15-28-21-5-3-2-4-20(21)26-23(22(28)29)8-12-27(13-9-23)14-18-6-10-24-11-7-18/h2-7,10-11,16,26H,8-9,12-15H2,1H3. The lowest BCUT2D eigenvalue weighted by molar-refractivity contribution is -0.125. The molecule has 3 aromatic rings. The Labute approximate surface area is 180 Å². The number of carbonyl (C=O) groups is 1. The monoisotopic (exact) mass is 419 g/mol. The van der Waals surface area contributed by atoms with Crippen molar-refractivity contribution in [2.75, 3.05) is 23.3 Å². The first kappa shape index (κ1) is 19.2. The fourth-order valence-electron chi connectivity index (χ4n) is 4.47. The predicted molar refractivity (Wildman–Crippen MR) is 120 cm³/mol. The van der Waals surface area contributed by atoms with Gasteiger partial charge in [-0.15, -0.1) is 11.3 Å². The fraction of sp³-hybridized carbons (Fsp3) is 0.348. The van der Waals surface area contributed by atoms with Crippen molar-refractivity contribution in [2.24, 2.45) is 0 Å². The summed E-state index contributed by atoms with van der Waals surface area (Å²) in [6.45, 7) is 5.18. The molecule has 0 aliphatic carbocycles. The molecule has 1 fully saturated rings. The highest BCUT2D eigenvalue weighted by Crippen LogP contribution is 2.40. The first-order valence-electron chi connectivity index (χ1n) is 10.3. The number of fused-ring (bicyclic) bond motifs is 1. The maximum atomic E-state index is 13.8. The van der Waals surface area contributed by atoms with Crippen molar-refractivity contribution >= 4 is 28.6 Å². The molecule has 0 saturated carbocycles. The molecule has 5 rings (SSSR count). The Bertz CT molecular complexity index is 1040. The number of anilines is 2. The third-order valence-electron chi connectivity index (χ3n) is 6.08. The van der Waals surface area contributed by atoms with Crippen LogP contribution in [0.25, 0.3) is 0 Å². The number of rotatable bonds is 4. The van der Waals surface area contributed by atoms with Crippen molar-refractivity contribution in [3.63, 3.8) is 0 Å². The number of para-hydroxylation sites is 2. The molecule has 0 radical (unpaired) electrons. The quantitative estimate of drug-likeness (QED) is 0.696. The third kappa shape index (κ3) is 3.59. The Morgan fingerprint density at radius 2 is 1.87 bits per heavy atom. The van der Waals surface area contributed by atoms with Gasteiger partial charge in [0.2, 0.25) is 0 Å². The molecule has 1 saturated heterocycles. The van der Waals surface area contributed by atoms with Crippen LogP contribution < -0.4 is 10.2 Å². The van der Waals surface area contributed by atoms with Crippen molar-refractivity contribution in [3.05, 3.63) is 70.4 Å². The van der Waals surface area contributed by atoms with E-state index in [1.807, 2.05) is 42.4 Å². The number of aromatic nitrogens is 2. The van der Waals surface area contributed by atoms with Gasteiger partial charge < -0.3 is 10.2 Å². The number of nitrogens with one attached hydrogen (secondary N) is 1. The molecule has 1 amide bonds. The van der Waals surface area contributed by atoms with E-state index in [0.717, 1.165) is 54.6 Å². The highest BCUT2D eigenvalue weighted by Gasteiger charge is 2.47. The number of amides is 1. The maximum Gasteiger partial charge on any atom is 0.253 e. The molecule has 1 aromatic carbocycles. The molecular formula is C23H25N5OS. The Balaban J connectivity index is 1.37. The minimum atomic E-state index is -0.547. The fourth-order valence-corrected chi connectivity index (χ4v) is 5.08. The van der Waals surface area contributed by atoms with Crippen LogP contribution in [0.4, 0.5) is 11.4 Å². The van der Waals surface area contributed by atoms with E-state index in [1.54, 1.807) is 11.3 Å². The van der Waals surface area contributed by atoms with Gasteiger partial charge in [-0.2, -0.15) is 0 Å². The van der Waals surface area contributed by atoms with Gasteiger partial charge in [-0.25, -0.2) is 4.98 Å². The second kappa shape index (κ2) is 7.81. The molecule has 2 aromatic heterocycles. The average Bonchev–Trinajstić information content (AvgIpc) is 3.18. The van der Waals surface area contributed by atoms with Crippen LogP contribution in [0.3, 0.4) is 0 Å². The van der Waals surface area contributed by atoms with Gasteiger partial charge in [0.1, 0.15) is 5.54 Å². The average molecular weight is 420 g/mol. The SMILES string of the molecule is Cc1nc(CN2C(=O)C3(CCN(Cc4ccncc4)CC3)Nc3ccccc32)cs1. The Hall–Kier alpha value is -2.77. The Morgan fingerprint density at radius 3 is 2.60 bits per heavy atom. The molecule has 0 atom stereocenters. The molecule has 7 heteroatoms. The van der Waals surface area contributed by atoms with Gasteiger partial charge in [0.15, 0.2) is 0 Å². The number of piperidine rings is 1. The summed E-state index contributed by atoms with van der Waals surface area (Å²) in [6.07, 6.45) is 5.25. The maximum absolute atomic E-state index is 13.8. The second-order valence-corrected chi connectivity index (χ2v) is 9.17. The van der Waals surface area contributed by atoms with Crippen LogP contribution in [-0.4, -0.2) is 39.4 Å². The smallest absolute Gasteiger partial charge is 0.253 e. The van der Waals surface area contributed by atoms with Gasteiger partial charge in [-0.3, -0.25) is 14.7 Å². The summed E-state index contributed by atoms with van der Waals surface area (Å²) in [4.78, 5) is 26.8. The molecule has 1 N–H and O–H groups in total. The lowest BCUT2D eigenvalue weighted by atomic mass is 9.83. The van der Waals surface area contributed by atoms with E-state index in [0.29, 0.717) is 6.54 Å². The van der Waals surface area contributed by atoms with E-state index in [-0.39, 0.29) is 5.91 Å². The van der Waals surface area contributed by atoms with Crippen molar-refractivity contribution in [2.45, 2.75) is 38.4 Å². The topological polar surface area (TPSA) is 61.4 Å². The van der Waals surface area contributed by atoms with E-state index in [9.17, 15) is 4.79 Å². The zero-order chi connectivity index (χ0) is 20.6. The third-order valence-corrected chi connectivity index (χ3v) is 6.90. The molecule has 2 aliphatic rings. The van der Waals surface area contributed by atoms with Crippen molar-refractivity contribution in [3.8, 4) is 0 Å². The van der Waals surface area contributed by atoms with Crippen LogP contribution in [0.5, 0.6) is 0 Å².